The second-order valence-corrected chi connectivity index (χ2v) is 12.6. The molecular weight excluding hydrogens is 416 g/mol. The summed E-state index contributed by atoms with van der Waals surface area (Å²) in [6.07, 6.45) is 5.01. The summed E-state index contributed by atoms with van der Waals surface area (Å²) in [4.78, 5) is 0. The van der Waals surface area contributed by atoms with E-state index in [0.717, 1.165) is 45.2 Å². The Morgan fingerprint density at radius 1 is 1.16 bits per heavy atom. The van der Waals surface area contributed by atoms with Gasteiger partial charge in [0.1, 0.15) is 5.25 Å². The third-order valence-corrected chi connectivity index (χ3v) is 10.1. The molecule has 7 atom stereocenters. The molecule has 0 radical (unpaired) electrons. The van der Waals surface area contributed by atoms with Gasteiger partial charge in [-0.25, -0.2) is 23.2 Å². The SMILES string of the molecule is CCC1CCC2CNN(C)C2C1NS(=O)(=O)C1CNN(C2CC(C(C)(C)O)CCN2)C1. The van der Waals surface area contributed by atoms with Gasteiger partial charge >= 0.3 is 0 Å². The van der Waals surface area contributed by atoms with Crippen LogP contribution in [-0.2, 0) is 10.0 Å². The van der Waals surface area contributed by atoms with Crippen molar-refractivity contribution in [2.75, 3.05) is 33.2 Å². The van der Waals surface area contributed by atoms with Crippen LogP contribution in [0.2, 0.25) is 0 Å². The number of hydrogen-bond acceptors (Lipinski definition) is 8. The number of nitrogens with zero attached hydrogens (tertiary/aromatic N) is 2. The van der Waals surface area contributed by atoms with Gasteiger partial charge in [0.2, 0.25) is 10.0 Å². The van der Waals surface area contributed by atoms with Crippen molar-refractivity contribution in [2.45, 2.75) is 82.0 Å². The lowest BCUT2D eigenvalue weighted by atomic mass is 9.74. The molecule has 180 valence electrons. The number of fused-ring (bicyclic) bond motifs is 1. The molecular formula is C21H42N6O3S. The minimum Gasteiger partial charge on any atom is -0.390 e. The number of aliphatic hydroxyl groups is 1. The van der Waals surface area contributed by atoms with Crippen molar-refractivity contribution in [2.24, 2.45) is 17.8 Å². The molecule has 0 spiro atoms. The number of piperidine rings is 1. The monoisotopic (exact) mass is 458 g/mol. The molecule has 3 aliphatic heterocycles. The molecule has 0 amide bonds. The van der Waals surface area contributed by atoms with Crippen molar-refractivity contribution in [3.8, 4) is 0 Å². The van der Waals surface area contributed by atoms with E-state index in [9.17, 15) is 13.5 Å². The highest BCUT2D eigenvalue weighted by molar-refractivity contribution is 7.90. The van der Waals surface area contributed by atoms with Gasteiger partial charge in [-0.15, -0.1) is 0 Å². The quantitative estimate of drug-likeness (QED) is 0.373. The summed E-state index contributed by atoms with van der Waals surface area (Å²) >= 11 is 0. The summed E-state index contributed by atoms with van der Waals surface area (Å²) in [5, 5.41) is 17.6. The molecule has 0 aromatic rings. The van der Waals surface area contributed by atoms with Crippen molar-refractivity contribution in [1.82, 2.24) is 30.9 Å². The highest BCUT2D eigenvalue weighted by Crippen LogP contribution is 2.36. The smallest absolute Gasteiger partial charge is 0.217 e. The first-order chi connectivity index (χ1) is 14.6. The Kier molecular flexibility index (Phi) is 7.02. The van der Waals surface area contributed by atoms with Crippen molar-refractivity contribution in [3.63, 3.8) is 0 Å². The van der Waals surface area contributed by atoms with Crippen LogP contribution >= 0.6 is 0 Å². The molecule has 9 nitrogen and oxygen atoms in total. The molecule has 0 aromatic carbocycles. The first kappa shape index (κ1) is 23.8. The minimum atomic E-state index is -3.46. The van der Waals surface area contributed by atoms with Gasteiger partial charge in [0.15, 0.2) is 0 Å². The number of likely N-dealkylation sites (N-methyl/N-ethyl adjacent to an activating group) is 1. The second kappa shape index (κ2) is 9.13. The van der Waals surface area contributed by atoms with Crippen molar-refractivity contribution >= 4 is 10.0 Å². The zero-order valence-electron chi connectivity index (χ0n) is 19.5. The van der Waals surface area contributed by atoms with Gasteiger partial charge in [-0.05, 0) is 63.8 Å². The van der Waals surface area contributed by atoms with E-state index in [1.165, 1.54) is 0 Å². The Labute approximate surface area is 187 Å². The molecule has 10 heteroatoms. The van der Waals surface area contributed by atoms with Crippen LogP contribution in [0, 0.1) is 17.8 Å². The first-order valence-electron chi connectivity index (χ1n) is 12.0. The van der Waals surface area contributed by atoms with E-state index in [1.807, 2.05) is 25.9 Å². The number of rotatable bonds is 6. The van der Waals surface area contributed by atoms with Crippen LogP contribution in [0.5, 0.6) is 0 Å². The van der Waals surface area contributed by atoms with Crippen molar-refractivity contribution in [3.05, 3.63) is 0 Å². The Morgan fingerprint density at radius 3 is 2.65 bits per heavy atom. The fourth-order valence-electron chi connectivity index (χ4n) is 6.19. The van der Waals surface area contributed by atoms with Crippen LogP contribution in [0.1, 0.15) is 52.9 Å². The van der Waals surface area contributed by atoms with Gasteiger partial charge in [0.05, 0.1) is 11.8 Å². The lowest BCUT2D eigenvalue weighted by Crippen LogP contribution is -2.59. The summed E-state index contributed by atoms with van der Waals surface area (Å²) in [5.74, 6) is 1.07. The third-order valence-electron chi connectivity index (χ3n) is 8.26. The average Bonchev–Trinajstić information content (AvgIpc) is 3.36. The second-order valence-electron chi connectivity index (χ2n) is 10.6. The lowest BCUT2D eigenvalue weighted by Gasteiger charge is -2.42. The zero-order chi connectivity index (χ0) is 22.4. The molecule has 1 saturated carbocycles. The van der Waals surface area contributed by atoms with Gasteiger partial charge in [-0.3, -0.25) is 10.9 Å². The van der Waals surface area contributed by atoms with Crippen LogP contribution in [0.25, 0.3) is 0 Å². The average molecular weight is 459 g/mol. The fraction of sp³-hybridized carbons (Fsp3) is 1.00. The van der Waals surface area contributed by atoms with E-state index < -0.39 is 20.9 Å². The standard InChI is InChI=1S/C21H42N6O3S/c1-5-14-6-7-15-11-23-26(4)20(15)19(14)25-31(29,30)17-12-24-27(13-17)18-10-16(8-9-22-18)21(2,3)28/h14-20,22-25,28H,5-13H2,1-4H3. The predicted molar refractivity (Wildman–Crippen MR) is 121 cm³/mol. The van der Waals surface area contributed by atoms with E-state index in [4.69, 9.17) is 0 Å². The van der Waals surface area contributed by atoms with Crippen LogP contribution in [-0.4, -0.2) is 85.9 Å². The van der Waals surface area contributed by atoms with E-state index in [-0.39, 0.29) is 24.2 Å². The summed E-state index contributed by atoms with van der Waals surface area (Å²) < 4.78 is 30.0. The summed E-state index contributed by atoms with van der Waals surface area (Å²) in [6.45, 7) is 8.54. The third kappa shape index (κ3) is 4.96. The maximum absolute atomic E-state index is 13.4. The fourth-order valence-corrected chi connectivity index (χ4v) is 7.75. The van der Waals surface area contributed by atoms with E-state index >= 15 is 0 Å². The van der Waals surface area contributed by atoms with Crippen LogP contribution < -0.4 is 20.9 Å². The molecule has 3 saturated heterocycles. The number of nitrogens with one attached hydrogen (secondary N) is 4. The van der Waals surface area contributed by atoms with Gasteiger partial charge in [-0.2, -0.15) is 0 Å². The van der Waals surface area contributed by atoms with Crippen molar-refractivity contribution in [1.29, 1.82) is 0 Å². The number of hydrazine groups is 2. The molecule has 1 aliphatic carbocycles. The largest absolute Gasteiger partial charge is 0.390 e. The van der Waals surface area contributed by atoms with E-state index in [1.54, 1.807) is 0 Å². The topological polar surface area (TPSA) is 109 Å². The molecule has 3 heterocycles. The Hall–Kier alpha value is -0.330. The Morgan fingerprint density at radius 2 is 1.94 bits per heavy atom. The molecule has 7 unspecified atom stereocenters. The molecule has 31 heavy (non-hydrogen) atoms. The number of hydrogen-bond donors (Lipinski definition) is 5. The predicted octanol–water partition coefficient (Wildman–Crippen LogP) is -0.185. The van der Waals surface area contributed by atoms with E-state index in [2.05, 4.69) is 32.8 Å². The van der Waals surface area contributed by atoms with Gasteiger partial charge in [0, 0.05) is 38.8 Å². The van der Waals surface area contributed by atoms with Crippen LogP contribution in [0.15, 0.2) is 0 Å². The van der Waals surface area contributed by atoms with Gasteiger partial charge in [0.25, 0.3) is 0 Å². The molecule has 0 aromatic heterocycles. The highest BCUT2D eigenvalue weighted by Gasteiger charge is 2.47. The Balaban J connectivity index is 1.41. The normalized spacial score (nSPS) is 40.9. The highest BCUT2D eigenvalue weighted by atomic mass is 32.2. The Bertz CT molecular complexity index is 729. The minimum absolute atomic E-state index is 0.0398. The van der Waals surface area contributed by atoms with E-state index in [0.29, 0.717) is 24.9 Å². The van der Waals surface area contributed by atoms with Gasteiger partial charge in [-0.1, -0.05) is 13.3 Å². The molecule has 4 rings (SSSR count). The summed E-state index contributed by atoms with van der Waals surface area (Å²) in [6, 6.07) is 0.168. The molecule has 4 aliphatic rings. The zero-order valence-corrected chi connectivity index (χ0v) is 20.3. The number of sulfonamides is 1. The lowest BCUT2D eigenvalue weighted by molar-refractivity contribution is -0.0249. The first-order valence-corrected chi connectivity index (χ1v) is 13.6. The van der Waals surface area contributed by atoms with Crippen LogP contribution in [0.4, 0.5) is 0 Å². The molecule has 0 bridgehead atoms. The summed E-state index contributed by atoms with van der Waals surface area (Å²) in [7, 11) is -1.43. The molecule has 5 N–H and O–H groups in total. The van der Waals surface area contributed by atoms with Crippen molar-refractivity contribution < 1.29 is 13.5 Å². The van der Waals surface area contributed by atoms with Gasteiger partial charge < -0.3 is 10.4 Å². The molecule has 4 fully saturated rings. The maximum atomic E-state index is 13.4. The maximum Gasteiger partial charge on any atom is 0.217 e. The van der Waals surface area contributed by atoms with Crippen LogP contribution in [0.3, 0.4) is 0 Å². The summed E-state index contributed by atoms with van der Waals surface area (Å²) in [5.41, 5.74) is 6.01.